The second-order valence-electron chi connectivity index (χ2n) is 3.43. The van der Waals surface area contributed by atoms with Gasteiger partial charge in [-0.3, -0.25) is 9.20 Å². The van der Waals surface area contributed by atoms with Gasteiger partial charge in [0.15, 0.2) is 11.1 Å². The van der Waals surface area contributed by atoms with E-state index >= 15 is 0 Å². The van der Waals surface area contributed by atoms with Crippen molar-refractivity contribution in [3.63, 3.8) is 0 Å². The Morgan fingerprint density at radius 2 is 2.47 bits per heavy atom. The molecule has 0 saturated heterocycles. The summed E-state index contributed by atoms with van der Waals surface area (Å²) < 4.78 is 6.49. The summed E-state index contributed by atoms with van der Waals surface area (Å²) in [6.45, 7) is 1.44. The number of hydrogen-bond acceptors (Lipinski definition) is 5. The number of thiazole rings is 1. The zero-order valence-electron chi connectivity index (χ0n) is 8.99. The third-order valence-electron chi connectivity index (χ3n) is 2.19. The van der Waals surface area contributed by atoms with Crippen LogP contribution in [0.25, 0.3) is 4.96 Å². The average Bonchev–Trinajstić information content (AvgIpc) is 2.74. The van der Waals surface area contributed by atoms with E-state index in [0.29, 0.717) is 10.7 Å². The van der Waals surface area contributed by atoms with Crippen LogP contribution in [0.15, 0.2) is 22.4 Å². The number of rotatable bonds is 4. The number of carboxylic acid groups (broad SMARTS) is 1. The van der Waals surface area contributed by atoms with Gasteiger partial charge in [0.25, 0.3) is 5.56 Å². The molecular formula is C10H10N2O4S. The molecule has 2 heterocycles. The van der Waals surface area contributed by atoms with Crippen LogP contribution in [0, 0.1) is 0 Å². The Balaban J connectivity index is 2.19. The molecule has 0 unspecified atom stereocenters. The number of ether oxygens (including phenoxy) is 1. The predicted octanol–water partition coefficient (Wildman–Crippen LogP) is 0.746. The molecule has 2 aromatic heterocycles. The number of carboxylic acids is 1. The van der Waals surface area contributed by atoms with E-state index < -0.39 is 12.1 Å². The first kappa shape index (κ1) is 11.7. The van der Waals surface area contributed by atoms with Crippen LogP contribution in [0.5, 0.6) is 0 Å². The molecular weight excluding hydrogens is 244 g/mol. The fraction of sp³-hybridized carbons (Fsp3) is 0.300. The Labute approximate surface area is 100 Å². The fourth-order valence-electron chi connectivity index (χ4n) is 1.24. The van der Waals surface area contributed by atoms with Gasteiger partial charge in [0, 0.05) is 17.6 Å². The molecule has 0 aliphatic carbocycles. The van der Waals surface area contributed by atoms with E-state index in [4.69, 9.17) is 9.84 Å². The van der Waals surface area contributed by atoms with Crippen molar-refractivity contribution in [2.45, 2.75) is 19.6 Å². The molecule has 0 radical (unpaired) electrons. The number of carbonyl (C=O) groups is 1. The molecule has 2 rings (SSSR count). The van der Waals surface area contributed by atoms with Crippen LogP contribution >= 0.6 is 11.3 Å². The van der Waals surface area contributed by atoms with Gasteiger partial charge in [-0.15, -0.1) is 11.3 Å². The maximum Gasteiger partial charge on any atom is 0.332 e. The lowest BCUT2D eigenvalue weighted by atomic mass is 10.4. The minimum Gasteiger partial charge on any atom is -0.479 e. The van der Waals surface area contributed by atoms with Gasteiger partial charge in [0.2, 0.25) is 0 Å². The summed E-state index contributed by atoms with van der Waals surface area (Å²) in [6.07, 6.45) is 0.721. The SMILES string of the molecule is C[C@@H](OCc1cc(=O)n2ccsc2n1)C(=O)O. The first-order chi connectivity index (χ1) is 8.08. The molecule has 90 valence electrons. The van der Waals surface area contributed by atoms with Gasteiger partial charge in [0.05, 0.1) is 12.3 Å². The first-order valence-corrected chi connectivity index (χ1v) is 5.76. The summed E-state index contributed by atoms with van der Waals surface area (Å²) in [4.78, 5) is 26.9. The lowest BCUT2D eigenvalue weighted by Crippen LogP contribution is -2.21. The summed E-state index contributed by atoms with van der Waals surface area (Å²) in [5, 5.41) is 10.4. The van der Waals surface area contributed by atoms with E-state index in [-0.39, 0.29) is 12.2 Å². The normalized spacial score (nSPS) is 12.8. The summed E-state index contributed by atoms with van der Waals surface area (Å²) in [6, 6.07) is 1.34. The topological polar surface area (TPSA) is 80.9 Å². The van der Waals surface area contributed by atoms with Crippen molar-refractivity contribution in [3.8, 4) is 0 Å². The standard InChI is InChI=1S/C10H10N2O4S/c1-6(9(14)15)16-5-7-4-8(13)12-2-3-17-10(12)11-7/h2-4,6H,5H2,1H3,(H,14,15)/t6-/m1/s1. The molecule has 0 spiro atoms. The zero-order valence-corrected chi connectivity index (χ0v) is 9.81. The highest BCUT2D eigenvalue weighted by Gasteiger charge is 2.12. The van der Waals surface area contributed by atoms with Crippen molar-refractivity contribution in [1.82, 2.24) is 9.38 Å². The van der Waals surface area contributed by atoms with Gasteiger partial charge in [-0.1, -0.05) is 0 Å². The molecule has 2 aromatic rings. The van der Waals surface area contributed by atoms with Crippen molar-refractivity contribution in [3.05, 3.63) is 33.7 Å². The molecule has 6 nitrogen and oxygen atoms in total. The van der Waals surface area contributed by atoms with Crippen molar-refractivity contribution < 1.29 is 14.6 Å². The second-order valence-corrected chi connectivity index (χ2v) is 4.31. The van der Waals surface area contributed by atoms with Crippen LogP contribution in [0.3, 0.4) is 0 Å². The molecule has 1 atom stereocenters. The summed E-state index contributed by atoms with van der Waals surface area (Å²) in [5.41, 5.74) is 0.239. The fourth-order valence-corrected chi connectivity index (χ4v) is 1.98. The van der Waals surface area contributed by atoms with Gasteiger partial charge in [-0.05, 0) is 6.92 Å². The van der Waals surface area contributed by atoms with Crippen LogP contribution in [-0.2, 0) is 16.1 Å². The van der Waals surface area contributed by atoms with E-state index in [1.807, 2.05) is 0 Å². The molecule has 1 N–H and O–H groups in total. The molecule has 0 fully saturated rings. The first-order valence-electron chi connectivity index (χ1n) is 4.88. The molecule has 0 aliphatic rings. The van der Waals surface area contributed by atoms with E-state index in [0.717, 1.165) is 0 Å². The summed E-state index contributed by atoms with van der Waals surface area (Å²) in [7, 11) is 0. The lowest BCUT2D eigenvalue weighted by molar-refractivity contribution is -0.149. The highest BCUT2D eigenvalue weighted by Crippen LogP contribution is 2.07. The van der Waals surface area contributed by atoms with Crippen molar-refractivity contribution >= 4 is 22.3 Å². The van der Waals surface area contributed by atoms with E-state index in [9.17, 15) is 9.59 Å². The Bertz CT molecular complexity index is 604. The van der Waals surface area contributed by atoms with E-state index in [1.165, 1.54) is 28.7 Å². The lowest BCUT2D eigenvalue weighted by Gasteiger charge is -2.07. The van der Waals surface area contributed by atoms with Crippen LogP contribution in [0.4, 0.5) is 0 Å². The van der Waals surface area contributed by atoms with Gasteiger partial charge in [-0.2, -0.15) is 0 Å². The molecule has 0 aromatic carbocycles. The van der Waals surface area contributed by atoms with Crippen LogP contribution in [0.1, 0.15) is 12.6 Å². The molecule has 0 bridgehead atoms. The number of hydrogen-bond donors (Lipinski definition) is 1. The number of fused-ring (bicyclic) bond motifs is 1. The van der Waals surface area contributed by atoms with Crippen LogP contribution in [0.2, 0.25) is 0 Å². The monoisotopic (exact) mass is 254 g/mol. The minimum atomic E-state index is -1.04. The largest absolute Gasteiger partial charge is 0.479 e. The van der Waals surface area contributed by atoms with Crippen LogP contribution in [-0.4, -0.2) is 26.6 Å². The van der Waals surface area contributed by atoms with Crippen molar-refractivity contribution in [1.29, 1.82) is 0 Å². The Morgan fingerprint density at radius 1 is 1.71 bits per heavy atom. The average molecular weight is 254 g/mol. The van der Waals surface area contributed by atoms with E-state index in [1.54, 1.807) is 11.6 Å². The zero-order chi connectivity index (χ0) is 12.4. The Kier molecular flexibility index (Phi) is 3.21. The third-order valence-corrected chi connectivity index (χ3v) is 2.94. The summed E-state index contributed by atoms with van der Waals surface area (Å²) >= 11 is 1.34. The maximum atomic E-state index is 11.6. The molecule has 0 amide bonds. The Morgan fingerprint density at radius 3 is 3.18 bits per heavy atom. The van der Waals surface area contributed by atoms with Crippen LogP contribution < -0.4 is 5.56 Å². The molecule has 0 aliphatic heterocycles. The predicted molar refractivity (Wildman–Crippen MR) is 61.2 cm³/mol. The highest BCUT2D eigenvalue weighted by molar-refractivity contribution is 7.15. The quantitative estimate of drug-likeness (QED) is 0.870. The van der Waals surface area contributed by atoms with Gasteiger partial charge in [0.1, 0.15) is 0 Å². The number of aliphatic carboxylic acids is 1. The highest BCUT2D eigenvalue weighted by atomic mass is 32.1. The molecule has 0 saturated carbocycles. The smallest absolute Gasteiger partial charge is 0.332 e. The third kappa shape index (κ3) is 2.51. The molecule has 7 heteroatoms. The van der Waals surface area contributed by atoms with Crippen molar-refractivity contribution in [2.75, 3.05) is 0 Å². The summed E-state index contributed by atoms with van der Waals surface area (Å²) in [5.74, 6) is -1.04. The maximum absolute atomic E-state index is 11.6. The van der Waals surface area contributed by atoms with Gasteiger partial charge in [-0.25, -0.2) is 9.78 Å². The number of nitrogens with zero attached hydrogens (tertiary/aromatic N) is 2. The minimum absolute atomic E-state index is 0.0110. The van der Waals surface area contributed by atoms with Crippen molar-refractivity contribution in [2.24, 2.45) is 0 Å². The van der Waals surface area contributed by atoms with Gasteiger partial charge >= 0.3 is 5.97 Å². The second kappa shape index (κ2) is 4.64. The van der Waals surface area contributed by atoms with E-state index in [2.05, 4.69) is 4.98 Å². The Hall–Kier alpha value is -1.73. The van der Waals surface area contributed by atoms with Gasteiger partial charge < -0.3 is 9.84 Å². The molecule has 17 heavy (non-hydrogen) atoms. The number of aromatic nitrogens is 2.